The molecule has 0 aliphatic heterocycles. The van der Waals surface area contributed by atoms with Crippen molar-refractivity contribution in [3.05, 3.63) is 56.1 Å². The lowest BCUT2D eigenvalue weighted by Crippen LogP contribution is -2.63. The molecule has 0 amide bonds. The summed E-state index contributed by atoms with van der Waals surface area (Å²) in [6.45, 7) is 2.13. The lowest BCUT2D eigenvalue weighted by atomic mass is 9.36. The molecule has 4 fully saturated rings. The predicted octanol–water partition coefficient (Wildman–Crippen LogP) is 3.66. The molecule has 6 atom stereocenters. The first-order chi connectivity index (χ1) is 14.8. The van der Waals surface area contributed by atoms with E-state index in [1.807, 2.05) is 13.0 Å². The zero-order valence-corrected chi connectivity index (χ0v) is 17.9. The molecule has 9 heteroatoms. The number of hydrogen-bond acceptors (Lipinski definition) is 7. The second-order valence-corrected chi connectivity index (χ2v) is 10.1. The molecule has 1 aromatic carbocycles. The molecule has 4 aliphatic rings. The largest absolute Gasteiger partial charge is 0.330 e. The molecule has 0 saturated heterocycles. The highest BCUT2D eigenvalue weighted by molar-refractivity contribution is 5.32. The minimum Gasteiger partial charge on any atom is -0.330 e. The molecule has 0 spiro atoms. The van der Waals surface area contributed by atoms with E-state index in [0.29, 0.717) is 18.9 Å². The van der Waals surface area contributed by atoms with Crippen LogP contribution in [0.1, 0.15) is 57.4 Å². The molecule has 1 aromatic rings. The molecule has 0 aromatic heterocycles. The van der Waals surface area contributed by atoms with Crippen molar-refractivity contribution in [3.8, 4) is 0 Å². The van der Waals surface area contributed by atoms with Gasteiger partial charge in [-0.2, -0.15) is 0 Å². The number of hydrogen-bond donors (Lipinski definition) is 1. The van der Waals surface area contributed by atoms with Crippen molar-refractivity contribution in [1.82, 2.24) is 0 Å². The van der Waals surface area contributed by atoms with E-state index in [9.17, 15) is 20.2 Å². The van der Waals surface area contributed by atoms with Gasteiger partial charge in [0.2, 0.25) is 0 Å². The van der Waals surface area contributed by atoms with E-state index in [-0.39, 0.29) is 22.2 Å². The lowest BCUT2D eigenvalue weighted by Gasteiger charge is -2.69. The smallest absolute Gasteiger partial charge is 0.294 e. The van der Waals surface area contributed by atoms with Gasteiger partial charge in [0, 0.05) is 0 Å². The highest BCUT2D eigenvalue weighted by Crippen LogP contribution is 2.72. The zero-order valence-electron chi connectivity index (χ0n) is 17.9. The van der Waals surface area contributed by atoms with Crippen LogP contribution in [-0.2, 0) is 15.1 Å². The maximum absolute atomic E-state index is 11.2. The fraction of sp³-hybridized carbons (Fsp3) is 0.727. The molecule has 6 unspecified atom stereocenters. The molecule has 4 bridgehead atoms. The summed E-state index contributed by atoms with van der Waals surface area (Å²) in [5.74, 6) is 0.261. The Labute approximate surface area is 181 Å². The monoisotopic (exact) mass is 433 g/mol. The quantitative estimate of drug-likeness (QED) is 0.440. The number of benzene rings is 1. The summed E-state index contributed by atoms with van der Waals surface area (Å²) in [7, 11) is 0. The Morgan fingerprint density at radius 1 is 1.10 bits per heavy atom. The minimum atomic E-state index is -0.982. The van der Waals surface area contributed by atoms with Gasteiger partial charge in [0.1, 0.15) is 12.7 Å². The third kappa shape index (κ3) is 3.84. The van der Waals surface area contributed by atoms with Crippen LogP contribution in [0.15, 0.2) is 30.3 Å². The molecule has 0 radical (unpaired) electrons. The molecular formula is C22H31N3O6. The van der Waals surface area contributed by atoms with Crippen molar-refractivity contribution < 1.29 is 19.8 Å². The van der Waals surface area contributed by atoms with Crippen LogP contribution in [0.5, 0.6) is 0 Å². The Hall–Kier alpha value is -2.42. The molecule has 9 nitrogen and oxygen atoms in total. The average Bonchev–Trinajstić information content (AvgIpc) is 2.71. The lowest BCUT2D eigenvalue weighted by molar-refractivity contribution is -0.792. The highest BCUT2D eigenvalue weighted by Gasteiger charge is 2.65. The maximum atomic E-state index is 11.2. The van der Waals surface area contributed by atoms with E-state index in [4.69, 9.17) is 10.6 Å². The van der Waals surface area contributed by atoms with Crippen molar-refractivity contribution in [1.29, 1.82) is 0 Å². The maximum Gasteiger partial charge on any atom is 0.294 e. The first-order valence-corrected chi connectivity index (χ1v) is 11.1. The van der Waals surface area contributed by atoms with Gasteiger partial charge in [-0.25, -0.2) is 0 Å². The Kier molecular flexibility index (Phi) is 5.57. The van der Waals surface area contributed by atoms with Gasteiger partial charge in [-0.3, -0.25) is 0 Å². The number of nitrogens with two attached hydrogens (primary N) is 1. The fourth-order valence-corrected chi connectivity index (χ4v) is 8.03. The van der Waals surface area contributed by atoms with E-state index in [2.05, 4.69) is 29.1 Å². The standard InChI is InChI=1S/C22H31N3O6/c1-2-18(19(31-25(28)29)11-30-24(26)27)22-10-16-8-20(13-22,15-23)12-21(9-16,14-22)17-6-4-3-5-7-17/h3-7,16,18-19H,2,8-15,23H2,1H3. The third-order valence-corrected chi connectivity index (χ3v) is 8.29. The number of nitrogens with zero attached hydrogens (tertiary/aromatic N) is 2. The SMILES string of the molecule is CCC(C(CO[N+](=O)[O-])O[N+](=O)[O-])C12CC3CC(CN)(CC(c4ccccc4)(C3)C1)C2. The molecule has 31 heavy (non-hydrogen) atoms. The van der Waals surface area contributed by atoms with Crippen LogP contribution in [0, 0.1) is 42.9 Å². The van der Waals surface area contributed by atoms with Gasteiger partial charge >= 0.3 is 0 Å². The summed E-state index contributed by atoms with van der Waals surface area (Å²) in [5.41, 5.74) is 7.43. The second kappa shape index (κ2) is 7.93. The normalized spacial score (nSPS) is 35.4. The van der Waals surface area contributed by atoms with E-state index in [0.717, 1.165) is 38.5 Å². The summed E-state index contributed by atoms with van der Waals surface area (Å²) in [5, 5.41) is 20.3. The van der Waals surface area contributed by atoms with Gasteiger partial charge in [0.25, 0.3) is 10.2 Å². The van der Waals surface area contributed by atoms with Crippen LogP contribution >= 0.6 is 0 Å². The Bertz CT molecular complexity index is 838. The van der Waals surface area contributed by atoms with Crippen molar-refractivity contribution >= 4 is 0 Å². The molecule has 170 valence electrons. The van der Waals surface area contributed by atoms with E-state index in [1.165, 1.54) is 5.56 Å². The minimum absolute atomic E-state index is 0.00813. The van der Waals surface area contributed by atoms with Crippen molar-refractivity contribution in [2.45, 2.75) is 63.4 Å². The molecule has 2 N–H and O–H groups in total. The van der Waals surface area contributed by atoms with Gasteiger partial charge < -0.3 is 15.4 Å². The van der Waals surface area contributed by atoms with Crippen LogP contribution in [-0.4, -0.2) is 29.4 Å². The van der Waals surface area contributed by atoms with Crippen molar-refractivity contribution in [2.24, 2.45) is 28.4 Å². The molecule has 4 aliphatic carbocycles. The van der Waals surface area contributed by atoms with Gasteiger partial charge in [0.15, 0.2) is 0 Å². The summed E-state index contributed by atoms with van der Waals surface area (Å²) in [6.07, 6.45) is 5.60. The van der Waals surface area contributed by atoms with E-state index < -0.39 is 22.9 Å². The van der Waals surface area contributed by atoms with Crippen LogP contribution < -0.4 is 5.73 Å². The van der Waals surface area contributed by atoms with Gasteiger partial charge in [-0.15, -0.1) is 20.2 Å². The molecule has 0 heterocycles. The second-order valence-electron chi connectivity index (χ2n) is 10.1. The number of rotatable bonds is 10. The molecule has 4 saturated carbocycles. The van der Waals surface area contributed by atoms with E-state index >= 15 is 0 Å². The van der Waals surface area contributed by atoms with E-state index in [1.54, 1.807) is 0 Å². The summed E-state index contributed by atoms with van der Waals surface area (Å²) in [6, 6.07) is 10.5. The fourth-order valence-electron chi connectivity index (χ4n) is 8.03. The Morgan fingerprint density at radius 3 is 2.45 bits per heavy atom. The van der Waals surface area contributed by atoms with Gasteiger partial charge in [-0.05, 0) is 78.7 Å². The van der Waals surface area contributed by atoms with Crippen LogP contribution in [0.4, 0.5) is 0 Å². The molecular weight excluding hydrogens is 402 g/mol. The molecule has 5 rings (SSSR count). The third-order valence-electron chi connectivity index (χ3n) is 8.29. The summed E-state index contributed by atoms with van der Waals surface area (Å²) < 4.78 is 0. The Morgan fingerprint density at radius 2 is 1.84 bits per heavy atom. The summed E-state index contributed by atoms with van der Waals surface area (Å²) in [4.78, 5) is 31.7. The average molecular weight is 434 g/mol. The van der Waals surface area contributed by atoms with Gasteiger partial charge in [0.05, 0.1) is 0 Å². The van der Waals surface area contributed by atoms with Crippen LogP contribution in [0.3, 0.4) is 0 Å². The topological polar surface area (TPSA) is 131 Å². The first kappa shape index (κ1) is 21.8. The van der Waals surface area contributed by atoms with Crippen LogP contribution in [0.2, 0.25) is 0 Å². The first-order valence-electron chi connectivity index (χ1n) is 11.1. The van der Waals surface area contributed by atoms with Gasteiger partial charge in [-0.1, -0.05) is 43.7 Å². The zero-order chi connectivity index (χ0) is 22.3. The van der Waals surface area contributed by atoms with Crippen molar-refractivity contribution in [2.75, 3.05) is 13.2 Å². The Balaban J connectivity index is 1.74. The predicted molar refractivity (Wildman–Crippen MR) is 112 cm³/mol. The van der Waals surface area contributed by atoms with Crippen LogP contribution in [0.25, 0.3) is 0 Å². The summed E-state index contributed by atoms with van der Waals surface area (Å²) >= 11 is 0. The van der Waals surface area contributed by atoms with Crippen molar-refractivity contribution in [3.63, 3.8) is 0 Å². The highest BCUT2D eigenvalue weighted by atomic mass is 17.0.